The van der Waals surface area contributed by atoms with Crippen LogP contribution in [0.1, 0.15) is 20.3 Å². The number of hydrogen-bond donors (Lipinski definition) is 2. The van der Waals surface area contributed by atoms with Crippen LogP contribution in [0.5, 0.6) is 11.5 Å². The molecule has 1 aromatic carbocycles. The lowest BCUT2D eigenvalue weighted by atomic mass is 10.3. The fourth-order valence-corrected chi connectivity index (χ4v) is 2.78. The molecule has 8 heteroatoms. The molecule has 2 N–H and O–H groups in total. The van der Waals surface area contributed by atoms with E-state index in [9.17, 15) is 8.42 Å². The largest absolute Gasteiger partial charge is 0.490 e. The Morgan fingerprint density at radius 1 is 1.21 bits per heavy atom. The lowest BCUT2D eigenvalue weighted by Gasteiger charge is -2.13. The van der Waals surface area contributed by atoms with Crippen LogP contribution in [0, 0.1) is 0 Å². The highest BCUT2D eigenvalue weighted by atomic mass is 32.2. The first-order chi connectivity index (χ1) is 11.5. The molecule has 134 valence electrons. The molecular weight excluding hydrogens is 330 g/mol. The molecule has 1 aliphatic rings. The summed E-state index contributed by atoms with van der Waals surface area (Å²) in [7, 11) is -3.02. The molecule has 2 rings (SSSR count). The van der Waals surface area contributed by atoms with Crippen molar-refractivity contribution >= 4 is 21.5 Å². The van der Waals surface area contributed by atoms with Crippen molar-refractivity contribution in [2.24, 2.45) is 4.99 Å². The fourth-order valence-electron chi connectivity index (χ4n) is 2.13. The minimum absolute atomic E-state index is 0.0429. The Hall–Kier alpha value is -1.96. The Kier molecular flexibility index (Phi) is 6.72. The Morgan fingerprint density at radius 2 is 1.96 bits per heavy atom. The number of sulfone groups is 1. The van der Waals surface area contributed by atoms with E-state index in [1.165, 1.54) is 0 Å². The maximum atomic E-state index is 11.5. The van der Waals surface area contributed by atoms with E-state index in [-0.39, 0.29) is 18.1 Å². The van der Waals surface area contributed by atoms with Crippen LogP contribution in [-0.2, 0) is 9.84 Å². The zero-order valence-corrected chi connectivity index (χ0v) is 15.0. The quantitative estimate of drug-likeness (QED) is 0.596. The molecule has 0 spiro atoms. The third-order valence-electron chi connectivity index (χ3n) is 3.47. The standard InChI is InChI=1S/C16H25N3O4S/c1-3-17-16(18-8-11-24(20,21)4-2)19-13-6-7-14-15(12-13)23-10-5-9-22-14/h6-7,12H,3-5,8-11H2,1-2H3,(H2,17,18,19). The summed E-state index contributed by atoms with van der Waals surface area (Å²) in [4.78, 5) is 4.32. The van der Waals surface area contributed by atoms with E-state index in [1.807, 2.05) is 25.1 Å². The second-order valence-electron chi connectivity index (χ2n) is 5.33. The predicted molar refractivity (Wildman–Crippen MR) is 96.0 cm³/mol. The molecule has 7 nitrogen and oxygen atoms in total. The maximum Gasteiger partial charge on any atom is 0.195 e. The highest BCUT2D eigenvalue weighted by Gasteiger charge is 2.11. The zero-order chi connectivity index (χ0) is 17.4. The van der Waals surface area contributed by atoms with Crippen molar-refractivity contribution in [3.63, 3.8) is 0 Å². The zero-order valence-electron chi connectivity index (χ0n) is 14.2. The Balaban J connectivity index is 2.05. The van der Waals surface area contributed by atoms with Gasteiger partial charge >= 0.3 is 0 Å². The number of nitrogens with zero attached hydrogens (tertiary/aromatic N) is 1. The molecule has 0 fully saturated rings. The number of rotatable bonds is 6. The average Bonchev–Trinajstić information content (AvgIpc) is 2.80. The second kappa shape index (κ2) is 8.77. The van der Waals surface area contributed by atoms with Gasteiger partial charge in [0.25, 0.3) is 0 Å². The molecule has 0 aliphatic carbocycles. The molecular formula is C16H25N3O4S. The van der Waals surface area contributed by atoms with Gasteiger partial charge in [-0.25, -0.2) is 8.42 Å². The van der Waals surface area contributed by atoms with Crippen molar-refractivity contribution in [2.75, 3.05) is 43.1 Å². The second-order valence-corrected chi connectivity index (χ2v) is 7.81. The van der Waals surface area contributed by atoms with E-state index in [4.69, 9.17) is 9.47 Å². The minimum Gasteiger partial charge on any atom is -0.490 e. The first kappa shape index (κ1) is 18.4. The minimum atomic E-state index is -3.02. The van der Waals surface area contributed by atoms with Gasteiger partial charge in [-0.2, -0.15) is 0 Å². The predicted octanol–water partition coefficient (Wildman–Crippen LogP) is 1.66. The highest BCUT2D eigenvalue weighted by Crippen LogP contribution is 2.32. The van der Waals surface area contributed by atoms with Crippen molar-refractivity contribution < 1.29 is 17.9 Å². The molecule has 1 aliphatic heterocycles. The Morgan fingerprint density at radius 3 is 2.67 bits per heavy atom. The normalized spacial score (nSPS) is 14.8. The summed E-state index contributed by atoms with van der Waals surface area (Å²) in [5.41, 5.74) is 0.803. The van der Waals surface area contributed by atoms with Gasteiger partial charge in [-0.05, 0) is 19.1 Å². The summed E-state index contributed by atoms with van der Waals surface area (Å²) in [6.07, 6.45) is 0.855. The van der Waals surface area contributed by atoms with Crippen LogP contribution in [-0.4, -0.2) is 52.2 Å². The van der Waals surface area contributed by atoms with Gasteiger partial charge in [-0.1, -0.05) is 6.92 Å². The van der Waals surface area contributed by atoms with Crippen LogP contribution >= 0.6 is 0 Å². The van der Waals surface area contributed by atoms with Gasteiger partial charge in [0.15, 0.2) is 27.3 Å². The summed E-state index contributed by atoms with van der Waals surface area (Å²) in [5, 5.41) is 6.26. The Bertz CT molecular complexity index is 674. The van der Waals surface area contributed by atoms with Crippen LogP contribution in [0.15, 0.2) is 23.2 Å². The van der Waals surface area contributed by atoms with Gasteiger partial charge in [-0.3, -0.25) is 4.99 Å². The van der Waals surface area contributed by atoms with Crippen LogP contribution < -0.4 is 20.1 Å². The monoisotopic (exact) mass is 355 g/mol. The molecule has 0 saturated heterocycles. The molecule has 24 heavy (non-hydrogen) atoms. The lowest BCUT2D eigenvalue weighted by Crippen LogP contribution is -2.31. The molecule has 1 aromatic rings. The molecule has 0 radical (unpaired) electrons. The van der Waals surface area contributed by atoms with Gasteiger partial charge in [0.1, 0.15) is 0 Å². The molecule has 0 bridgehead atoms. The van der Waals surface area contributed by atoms with E-state index in [0.29, 0.717) is 31.5 Å². The number of fused-ring (bicyclic) bond motifs is 1. The lowest BCUT2D eigenvalue weighted by molar-refractivity contribution is 0.297. The highest BCUT2D eigenvalue weighted by molar-refractivity contribution is 7.91. The number of benzene rings is 1. The average molecular weight is 355 g/mol. The SMILES string of the molecule is CCNC(=NCCS(=O)(=O)CC)Nc1ccc2c(c1)OCCCO2. The summed E-state index contributed by atoms with van der Waals surface area (Å²) < 4.78 is 34.4. The molecule has 0 unspecified atom stereocenters. The number of guanidine groups is 1. The molecule has 0 amide bonds. The van der Waals surface area contributed by atoms with Crippen LogP contribution in [0.25, 0.3) is 0 Å². The number of nitrogens with one attached hydrogen (secondary N) is 2. The first-order valence-electron chi connectivity index (χ1n) is 8.19. The number of aliphatic imine (C=N–C) groups is 1. The van der Waals surface area contributed by atoms with Crippen LogP contribution in [0.3, 0.4) is 0 Å². The third kappa shape index (κ3) is 5.59. The van der Waals surface area contributed by atoms with Gasteiger partial charge < -0.3 is 20.1 Å². The van der Waals surface area contributed by atoms with Crippen molar-refractivity contribution in [3.05, 3.63) is 18.2 Å². The summed E-state index contributed by atoms with van der Waals surface area (Å²) in [6, 6.07) is 5.59. The van der Waals surface area contributed by atoms with Crippen molar-refractivity contribution in [2.45, 2.75) is 20.3 Å². The smallest absolute Gasteiger partial charge is 0.195 e. The maximum absolute atomic E-state index is 11.5. The van der Waals surface area contributed by atoms with E-state index in [1.54, 1.807) is 6.92 Å². The summed E-state index contributed by atoms with van der Waals surface area (Å²) in [5.74, 6) is 2.14. The first-order valence-corrected chi connectivity index (χ1v) is 10.0. The molecule has 0 atom stereocenters. The van der Waals surface area contributed by atoms with E-state index < -0.39 is 9.84 Å². The van der Waals surface area contributed by atoms with E-state index in [2.05, 4.69) is 15.6 Å². The molecule has 0 aromatic heterocycles. The van der Waals surface area contributed by atoms with Crippen molar-refractivity contribution in [3.8, 4) is 11.5 Å². The van der Waals surface area contributed by atoms with Crippen LogP contribution in [0.4, 0.5) is 5.69 Å². The molecule has 0 saturated carbocycles. The van der Waals surface area contributed by atoms with Gasteiger partial charge in [-0.15, -0.1) is 0 Å². The van der Waals surface area contributed by atoms with E-state index >= 15 is 0 Å². The van der Waals surface area contributed by atoms with Gasteiger partial charge in [0, 0.05) is 30.5 Å². The number of ether oxygens (including phenoxy) is 2. The van der Waals surface area contributed by atoms with Gasteiger partial charge in [0.2, 0.25) is 0 Å². The number of hydrogen-bond acceptors (Lipinski definition) is 5. The molecule has 1 heterocycles. The fraction of sp³-hybridized carbons (Fsp3) is 0.562. The Labute approximate surface area is 143 Å². The van der Waals surface area contributed by atoms with Crippen LogP contribution in [0.2, 0.25) is 0 Å². The van der Waals surface area contributed by atoms with Gasteiger partial charge in [0.05, 0.1) is 25.5 Å². The van der Waals surface area contributed by atoms with Crippen molar-refractivity contribution in [1.82, 2.24) is 5.32 Å². The number of anilines is 1. The summed E-state index contributed by atoms with van der Waals surface area (Å²) in [6.45, 7) is 5.76. The van der Waals surface area contributed by atoms with E-state index in [0.717, 1.165) is 17.9 Å². The third-order valence-corrected chi connectivity index (χ3v) is 5.15. The summed E-state index contributed by atoms with van der Waals surface area (Å²) >= 11 is 0. The van der Waals surface area contributed by atoms with Crippen molar-refractivity contribution in [1.29, 1.82) is 0 Å². The topological polar surface area (TPSA) is 89.0 Å².